The summed E-state index contributed by atoms with van der Waals surface area (Å²) in [4.78, 5) is 10.1. The summed E-state index contributed by atoms with van der Waals surface area (Å²) in [6.45, 7) is 4.91. The van der Waals surface area contributed by atoms with E-state index in [0.29, 0.717) is 12.5 Å². The molecule has 0 radical (unpaired) electrons. The zero-order chi connectivity index (χ0) is 13.4. The summed E-state index contributed by atoms with van der Waals surface area (Å²) in [5, 5.41) is 1.07. The summed E-state index contributed by atoms with van der Waals surface area (Å²) in [5.41, 5.74) is 9.24. The number of nitrogens with zero attached hydrogens (tertiary/aromatic N) is 3. The summed E-state index contributed by atoms with van der Waals surface area (Å²) in [6, 6.07) is 6.18. The molecule has 0 bridgehead atoms. The Bertz CT molecular complexity index is 726. The third-order valence-electron chi connectivity index (χ3n) is 3.18. The molecule has 0 saturated carbocycles. The van der Waals surface area contributed by atoms with Gasteiger partial charge in [0.1, 0.15) is 5.01 Å². The number of hydrogen-bond donors (Lipinski definition) is 1. The molecule has 5 heteroatoms. The maximum atomic E-state index is 6.02. The fourth-order valence-electron chi connectivity index (χ4n) is 2.14. The number of nitrogens with two attached hydrogens (primary N) is 1. The van der Waals surface area contributed by atoms with Crippen LogP contribution in [0.3, 0.4) is 0 Å². The second-order valence-corrected chi connectivity index (χ2v) is 5.82. The molecule has 0 fully saturated rings. The normalized spacial score (nSPS) is 11.3. The third-order valence-corrected chi connectivity index (χ3v) is 4.30. The summed E-state index contributed by atoms with van der Waals surface area (Å²) in [7, 11) is 0. The summed E-state index contributed by atoms with van der Waals surface area (Å²) < 4.78 is 2.03. The molecule has 0 aliphatic carbocycles. The molecule has 0 saturated heterocycles. The maximum Gasteiger partial charge on any atom is 0.201 e. The zero-order valence-electron chi connectivity index (χ0n) is 11.1. The van der Waals surface area contributed by atoms with Crippen LogP contribution in [0.25, 0.3) is 11.0 Å². The average Bonchev–Trinajstić information content (AvgIpc) is 2.96. The van der Waals surface area contributed by atoms with E-state index >= 15 is 0 Å². The van der Waals surface area contributed by atoms with Crippen molar-refractivity contribution in [3.8, 4) is 0 Å². The number of imidazole rings is 1. The monoisotopic (exact) mass is 272 g/mol. The van der Waals surface area contributed by atoms with Crippen LogP contribution in [0.4, 0.5) is 5.95 Å². The van der Waals surface area contributed by atoms with Crippen molar-refractivity contribution in [2.75, 3.05) is 5.73 Å². The fraction of sp³-hybridized carbons (Fsp3) is 0.286. The Hall–Kier alpha value is -1.88. The molecule has 0 spiro atoms. The number of aryl methyl sites for hydroxylation is 2. The molecule has 98 valence electrons. The van der Waals surface area contributed by atoms with E-state index in [1.54, 1.807) is 11.3 Å². The molecule has 2 aromatic heterocycles. The van der Waals surface area contributed by atoms with Crippen LogP contribution in [0.1, 0.15) is 22.4 Å². The molecule has 3 aromatic rings. The predicted octanol–water partition coefficient (Wildman–Crippen LogP) is 2.99. The first-order valence-electron chi connectivity index (χ1n) is 6.33. The smallest absolute Gasteiger partial charge is 0.201 e. The van der Waals surface area contributed by atoms with Crippen LogP contribution in [0.15, 0.2) is 24.4 Å². The zero-order valence-corrected chi connectivity index (χ0v) is 11.9. The highest BCUT2D eigenvalue weighted by Gasteiger charge is 2.10. The van der Waals surface area contributed by atoms with Crippen LogP contribution >= 0.6 is 11.3 Å². The Labute approximate surface area is 115 Å². The summed E-state index contributed by atoms with van der Waals surface area (Å²) >= 11 is 1.74. The maximum absolute atomic E-state index is 6.02. The van der Waals surface area contributed by atoms with Crippen molar-refractivity contribution in [3.63, 3.8) is 0 Å². The van der Waals surface area contributed by atoms with Crippen LogP contribution in [-0.4, -0.2) is 14.5 Å². The van der Waals surface area contributed by atoms with Crippen molar-refractivity contribution in [2.24, 2.45) is 0 Å². The predicted molar refractivity (Wildman–Crippen MR) is 79.5 cm³/mol. The highest BCUT2D eigenvalue weighted by atomic mass is 32.1. The third kappa shape index (κ3) is 2.21. The Morgan fingerprint density at radius 3 is 2.95 bits per heavy atom. The number of benzene rings is 1. The van der Waals surface area contributed by atoms with E-state index in [-0.39, 0.29) is 0 Å². The lowest BCUT2D eigenvalue weighted by Gasteiger charge is -2.04. The lowest BCUT2D eigenvalue weighted by Crippen LogP contribution is -2.04. The fourth-order valence-corrected chi connectivity index (χ4v) is 2.99. The molecule has 0 amide bonds. The highest BCUT2D eigenvalue weighted by molar-refractivity contribution is 7.11. The molecule has 19 heavy (non-hydrogen) atoms. The van der Waals surface area contributed by atoms with Crippen LogP contribution in [-0.2, 0) is 13.0 Å². The lowest BCUT2D eigenvalue weighted by atomic mass is 10.2. The number of rotatable bonds is 3. The molecule has 0 atom stereocenters. The van der Waals surface area contributed by atoms with E-state index in [1.165, 1.54) is 10.4 Å². The number of hydrogen-bond acceptors (Lipinski definition) is 4. The number of anilines is 1. The first-order chi connectivity index (χ1) is 9.17. The Balaban J connectivity index is 2.04. The van der Waals surface area contributed by atoms with Gasteiger partial charge in [0.2, 0.25) is 5.95 Å². The number of aromatic nitrogens is 3. The molecular weight excluding hydrogens is 256 g/mol. The minimum atomic E-state index is 0.550. The van der Waals surface area contributed by atoms with Gasteiger partial charge in [-0.05, 0) is 31.0 Å². The van der Waals surface area contributed by atoms with Crippen LogP contribution in [0, 0.1) is 6.92 Å². The van der Waals surface area contributed by atoms with Crippen LogP contribution < -0.4 is 5.73 Å². The van der Waals surface area contributed by atoms with Crippen molar-refractivity contribution in [3.05, 3.63) is 39.8 Å². The van der Waals surface area contributed by atoms with Crippen molar-refractivity contribution in [1.29, 1.82) is 0 Å². The van der Waals surface area contributed by atoms with Gasteiger partial charge < -0.3 is 10.3 Å². The molecule has 0 aliphatic heterocycles. The second-order valence-electron chi connectivity index (χ2n) is 4.62. The van der Waals surface area contributed by atoms with Crippen molar-refractivity contribution < 1.29 is 0 Å². The van der Waals surface area contributed by atoms with Crippen LogP contribution in [0.5, 0.6) is 0 Å². The Kier molecular flexibility index (Phi) is 2.98. The topological polar surface area (TPSA) is 56.7 Å². The first-order valence-corrected chi connectivity index (χ1v) is 7.15. The molecule has 1 aromatic carbocycles. The standard InChI is InChI=1S/C14H16N4S/c1-3-10-7-16-13(19-10)8-18-12-6-9(2)4-5-11(12)17-14(18)15/h4-7H,3,8H2,1-2H3,(H2,15,17). The molecule has 0 aliphatic rings. The van der Waals surface area contributed by atoms with Gasteiger partial charge in [-0.1, -0.05) is 13.0 Å². The van der Waals surface area contributed by atoms with Gasteiger partial charge in [0, 0.05) is 11.1 Å². The quantitative estimate of drug-likeness (QED) is 0.797. The van der Waals surface area contributed by atoms with E-state index in [0.717, 1.165) is 22.5 Å². The van der Waals surface area contributed by atoms with E-state index < -0.39 is 0 Å². The molecule has 2 N–H and O–H groups in total. The highest BCUT2D eigenvalue weighted by Crippen LogP contribution is 2.22. The van der Waals surface area contributed by atoms with Gasteiger partial charge in [0.25, 0.3) is 0 Å². The molecule has 4 nitrogen and oxygen atoms in total. The van der Waals surface area contributed by atoms with E-state index in [2.05, 4.69) is 35.9 Å². The second kappa shape index (κ2) is 4.66. The Morgan fingerprint density at radius 2 is 2.21 bits per heavy atom. The van der Waals surface area contributed by atoms with Crippen molar-refractivity contribution >= 4 is 28.3 Å². The largest absolute Gasteiger partial charge is 0.369 e. The number of thiazole rings is 1. The number of fused-ring (bicyclic) bond motifs is 1. The molecule has 2 heterocycles. The van der Waals surface area contributed by atoms with Gasteiger partial charge in [-0.15, -0.1) is 11.3 Å². The van der Waals surface area contributed by atoms with Gasteiger partial charge in [-0.3, -0.25) is 0 Å². The molecule has 0 unspecified atom stereocenters. The first kappa shape index (κ1) is 12.2. The van der Waals surface area contributed by atoms with Gasteiger partial charge in [-0.2, -0.15) is 0 Å². The van der Waals surface area contributed by atoms with Crippen molar-refractivity contribution in [2.45, 2.75) is 26.8 Å². The van der Waals surface area contributed by atoms with Gasteiger partial charge in [-0.25, -0.2) is 9.97 Å². The number of nitrogen functional groups attached to an aromatic ring is 1. The minimum Gasteiger partial charge on any atom is -0.369 e. The van der Waals surface area contributed by atoms with E-state index in [9.17, 15) is 0 Å². The molecular formula is C14H16N4S. The van der Waals surface area contributed by atoms with Gasteiger partial charge in [0.15, 0.2) is 0 Å². The SMILES string of the molecule is CCc1cnc(Cn2c(N)nc3ccc(C)cc32)s1. The average molecular weight is 272 g/mol. The van der Waals surface area contributed by atoms with Crippen molar-refractivity contribution in [1.82, 2.24) is 14.5 Å². The van der Waals surface area contributed by atoms with Crippen LogP contribution in [0.2, 0.25) is 0 Å². The van der Waals surface area contributed by atoms with Gasteiger partial charge in [0.05, 0.1) is 17.6 Å². The lowest BCUT2D eigenvalue weighted by molar-refractivity contribution is 0.829. The summed E-state index contributed by atoms with van der Waals surface area (Å²) in [6.07, 6.45) is 2.97. The summed E-state index contributed by atoms with van der Waals surface area (Å²) in [5.74, 6) is 0.550. The van der Waals surface area contributed by atoms with E-state index in [1.807, 2.05) is 16.8 Å². The molecule has 3 rings (SSSR count). The Morgan fingerprint density at radius 1 is 1.37 bits per heavy atom. The van der Waals surface area contributed by atoms with Gasteiger partial charge >= 0.3 is 0 Å². The van der Waals surface area contributed by atoms with E-state index in [4.69, 9.17) is 5.73 Å². The minimum absolute atomic E-state index is 0.550.